The lowest BCUT2D eigenvalue weighted by atomic mass is 9.16. The Kier molecular flexibility index (Phi) is 7.71. The van der Waals surface area contributed by atoms with Crippen LogP contribution in [0.2, 0.25) is 0 Å². The van der Waals surface area contributed by atoms with Crippen LogP contribution in [0.15, 0.2) is 72.8 Å². The SMILES string of the molecule is Fc1cc(F)cc(C[B-](Cc2cc(F)cc(F)c2)(Cc2cc(F)cc(F)c2)Cc2cc(F)cc(F)c2)c1. The Hall–Kier alpha value is -3.62. The van der Waals surface area contributed by atoms with Gasteiger partial charge in [-0.25, -0.2) is 35.1 Å². The van der Waals surface area contributed by atoms with E-state index in [1.807, 2.05) is 0 Å². The molecule has 0 aliphatic heterocycles. The molecule has 0 nitrogen and oxygen atoms in total. The van der Waals surface area contributed by atoms with E-state index in [4.69, 9.17) is 0 Å². The quantitative estimate of drug-likeness (QED) is 0.166. The maximum atomic E-state index is 14.1. The van der Waals surface area contributed by atoms with Crippen LogP contribution in [-0.4, -0.2) is 6.15 Å². The molecule has 0 saturated heterocycles. The van der Waals surface area contributed by atoms with Gasteiger partial charge in [0.2, 0.25) is 0 Å². The molecule has 9 heteroatoms. The summed E-state index contributed by atoms with van der Waals surface area (Å²) in [5.41, 5.74) is 0.678. The molecule has 0 spiro atoms. The van der Waals surface area contributed by atoms with E-state index in [0.29, 0.717) is 24.3 Å². The number of benzene rings is 4. The average Bonchev–Trinajstić information content (AvgIpc) is 2.70. The predicted octanol–water partition coefficient (Wildman–Crippen LogP) is 7.68. The summed E-state index contributed by atoms with van der Waals surface area (Å²) in [6.45, 7) is 0. The van der Waals surface area contributed by atoms with Crippen molar-refractivity contribution in [2.75, 3.05) is 0 Å². The molecular formula is C28H20BF8-. The molecule has 0 aliphatic rings. The molecule has 192 valence electrons. The van der Waals surface area contributed by atoms with E-state index in [-0.39, 0.29) is 47.5 Å². The summed E-state index contributed by atoms with van der Waals surface area (Å²) in [5, 5.41) is 0. The van der Waals surface area contributed by atoms with Crippen molar-refractivity contribution in [3.05, 3.63) is 142 Å². The molecule has 0 saturated carbocycles. The lowest BCUT2D eigenvalue weighted by Crippen LogP contribution is -2.47. The smallest absolute Gasteiger partial charge is 0.126 e. The third-order valence-electron chi connectivity index (χ3n) is 6.36. The van der Waals surface area contributed by atoms with Gasteiger partial charge in [-0.05, 0) is 48.5 Å². The standard InChI is InChI=1S/C28H20BF8/c30-21-1-17(2-22(31)9-21)13-29(14-18-3-23(32)10-24(33)4-18,15-19-5-25(34)11-26(35)6-19)16-20-7-27(36)12-28(37)8-20/h1-12H,13-16H2/q-1. The summed E-state index contributed by atoms with van der Waals surface area (Å²) >= 11 is 0. The molecule has 0 aliphatic carbocycles. The maximum absolute atomic E-state index is 14.1. The van der Waals surface area contributed by atoms with Crippen molar-refractivity contribution in [2.24, 2.45) is 0 Å². The monoisotopic (exact) mass is 519 g/mol. The molecule has 0 bridgehead atoms. The van der Waals surface area contributed by atoms with Crippen molar-refractivity contribution in [3.63, 3.8) is 0 Å². The van der Waals surface area contributed by atoms with Gasteiger partial charge in [-0.15, -0.1) is 0 Å². The van der Waals surface area contributed by atoms with Gasteiger partial charge in [-0.2, -0.15) is 25.3 Å². The zero-order chi connectivity index (χ0) is 26.7. The minimum Gasteiger partial charge on any atom is -0.207 e. The van der Waals surface area contributed by atoms with Crippen molar-refractivity contribution >= 4 is 6.15 Å². The molecule has 4 aromatic rings. The van der Waals surface area contributed by atoms with Gasteiger partial charge in [-0.1, -0.05) is 22.3 Å². The summed E-state index contributed by atoms with van der Waals surface area (Å²) < 4.78 is 113. The first-order chi connectivity index (χ1) is 17.5. The predicted molar refractivity (Wildman–Crippen MR) is 126 cm³/mol. The van der Waals surface area contributed by atoms with Crippen LogP contribution >= 0.6 is 0 Å². The molecule has 0 heterocycles. The number of hydrogen-bond donors (Lipinski definition) is 0. The molecule has 0 atom stereocenters. The summed E-state index contributed by atoms with van der Waals surface area (Å²) in [7, 11) is 0. The second kappa shape index (κ2) is 10.8. The van der Waals surface area contributed by atoms with Crippen molar-refractivity contribution in [1.82, 2.24) is 0 Å². The Balaban J connectivity index is 1.89. The van der Waals surface area contributed by atoms with Crippen LogP contribution in [0.5, 0.6) is 0 Å². The van der Waals surface area contributed by atoms with Crippen molar-refractivity contribution in [1.29, 1.82) is 0 Å². The molecule has 4 rings (SSSR count). The van der Waals surface area contributed by atoms with Gasteiger partial charge < -0.3 is 0 Å². The zero-order valence-corrected chi connectivity index (χ0v) is 19.4. The van der Waals surface area contributed by atoms with E-state index in [1.54, 1.807) is 0 Å². The summed E-state index contributed by atoms with van der Waals surface area (Å²) in [4.78, 5) is 0. The Morgan fingerprint density at radius 3 is 0.622 bits per heavy atom. The molecule has 0 unspecified atom stereocenters. The van der Waals surface area contributed by atoms with Gasteiger partial charge >= 0.3 is 0 Å². The Bertz CT molecular complexity index is 1140. The zero-order valence-electron chi connectivity index (χ0n) is 19.4. The lowest BCUT2D eigenvalue weighted by Gasteiger charge is -2.41. The molecule has 0 amide bonds. The highest BCUT2D eigenvalue weighted by Crippen LogP contribution is 2.29. The van der Waals surface area contributed by atoms with Crippen LogP contribution < -0.4 is 0 Å². The fraction of sp³-hybridized carbons (Fsp3) is 0.143. The third-order valence-corrected chi connectivity index (χ3v) is 6.36. The van der Waals surface area contributed by atoms with E-state index in [9.17, 15) is 35.1 Å². The Morgan fingerprint density at radius 2 is 0.459 bits per heavy atom. The number of hydrogen-bond acceptors (Lipinski definition) is 0. The van der Waals surface area contributed by atoms with Crippen LogP contribution in [-0.2, 0) is 25.3 Å². The first kappa shape index (κ1) is 26.4. The largest absolute Gasteiger partial charge is 0.207 e. The summed E-state index contributed by atoms with van der Waals surface area (Å²) in [6.07, 6.45) is -2.55. The fourth-order valence-electron chi connectivity index (χ4n) is 5.35. The third kappa shape index (κ3) is 7.21. The molecule has 0 fully saturated rings. The Labute approximate surface area is 208 Å². The lowest BCUT2D eigenvalue weighted by molar-refractivity contribution is 0.580. The van der Waals surface area contributed by atoms with Crippen molar-refractivity contribution in [2.45, 2.75) is 25.3 Å². The second-order valence-corrected chi connectivity index (χ2v) is 9.66. The van der Waals surface area contributed by atoms with Gasteiger partial charge in [0.1, 0.15) is 46.5 Å². The molecule has 0 N–H and O–H groups in total. The fourth-order valence-corrected chi connectivity index (χ4v) is 5.35. The highest BCUT2D eigenvalue weighted by atomic mass is 19.2. The van der Waals surface area contributed by atoms with Crippen LogP contribution in [0.3, 0.4) is 0 Å². The van der Waals surface area contributed by atoms with Gasteiger partial charge in [0, 0.05) is 30.4 Å². The van der Waals surface area contributed by atoms with Crippen LogP contribution in [0.25, 0.3) is 0 Å². The van der Waals surface area contributed by atoms with Crippen LogP contribution in [0.1, 0.15) is 22.3 Å². The number of rotatable bonds is 8. The highest BCUT2D eigenvalue weighted by molar-refractivity contribution is 6.77. The second-order valence-electron chi connectivity index (χ2n) is 9.66. The highest BCUT2D eigenvalue weighted by Gasteiger charge is 2.28. The van der Waals surface area contributed by atoms with Gasteiger partial charge in [0.05, 0.1) is 0 Å². The number of halogens is 8. The van der Waals surface area contributed by atoms with Crippen molar-refractivity contribution < 1.29 is 35.1 Å². The summed E-state index contributed by atoms with van der Waals surface area (Å²) in [5.74, 6) is -6.96. The van der Waals surface area contributed by atoms with E-state index >= 15 is 0 Å². The van der Waals surface area contributed by atoms with E-state index < -0.39 is 52.7 Å². The van der Waals surface area contributed by atoms with Gasteiger partial charge in [0.15, 0.2) is 0 Å². The first-order valence-electron chi connectivity index (χ1n) is 11.5. The topological polar surface area (TPSA) is 0 Å². The van der Waals surface area contributed by atoms with Gasteiger partial charge in [0.25, 0.3) is 0 Å². The summed E-state index contributed by atoms with van der Waals surface area (Å²) in [6, 6.07) is 11.3. The molecule has 37 heavy (non-hydrogen) atoms. The van der Waals surface area contributed by atoms with E-state index in [2.05, 4.69) is 0 Å². The average molecular weight is 519 g/mol. The molecule has 0 aromatic heterocycles. The molecule has 0 radical (unpaired) electrons. The molecule has 4 aromatic carbocycles. The minimum atomic E-state index is -2.18. The maximum Gasteiger partial charge on any atom is 0.126 e. The normalized spacial score (nSPS) is 11.7. The first-order valence-corrected chi connectivity index (χ1v) is 11.5. The van der Waals surface area contributed by atoms with Crippen LogP contribution in [0.4, 0.5) is 35.1 Å². The minimum absolute atomic E-state index is 0.0942. The van der Waals surface area contributed by atoms with E-state index in [0.717, 1.165) is 48.5 Å². The van der Waals surface area contributed by atoms with Crippen LogP contribution in [0, 0.1) is 46.5 Å². The molecular weight excluding hydrogens is 499 g/mol. The van der Waals surface area contributed by atoms with E-state index in [1.165, 1.54) is 0 Å². The van der Waals surface area contributed by atoms with Crippen molar-refractivity contribution in [3.8, 4) is 0 Å². The Morgan fingerprint density at radius 1 is 0.297 bits per heavy atom. The van der Waals surface area contributed by atoms with Gasteiger partial charge in [-0.3, -0.25) is 0 Å².